The summed E-state index contributed by atoms with van der Waals surface area (Å²) in [5, 5.41) is 0.393. The van der Waals surface area contributed by atoms with Crippen molar-refractivity contribution in [1.29, 1.82) is 0 Å². The van der Waals surface area contributed by atoms with E-state index >= 15 is 0 Å². The fourth-order valence-corrected chi connectivity index (χ4v) is 2.82. The van der Waals surface area contributed by atoms with Crippen molar-refractivity contribution < 1.29 is 8.78 Å². The third kappa shape index (κ3) is 1.64. The lowest BCUT2D eigenvalue weighted by Crippen LogP contribution is -2.11. The Morgan fingerprint density at radius 1 is 1.06 bits per heavy atom. The third-order valence-electron chi connectivity index (χ3n) is 2.62. The molecule has 0 amide bonds. The summed E-state index contributed by atoms with van der Waals surface area (Å²) in [4.78, 5) is 12.1. The topological polar surface area (TPSA) is 22.0 Å². The van der Waals surface area contributed by atoms with Crippen LogP contribution in [-0.4, -0.2) is 3.96 Å². The van der Waals surface area contributed by atoms with Gasteiger partial charge in [-0.15, -0.1) is 0 Å². The molecule has 2 nitrogen and oxygen atoms in total. The summed E-state index contributed by atoms with van der Waals surface area (Å²) in [7, 11) is 0. The van der Waals surface area contributed by atoms with Gasteiger partial charge in [0.05, 0.1) is 15.8 Å². The molecule has 1 heterocycles. The predicted octanol–water partition coefficient (Wildman–Crippen LogP) is 3.33. The van der Waals surface area contributed by atoms with Crippen LogP contribution in [-0.2, 0) is 0 Å². The molecule has 0 spiro atoms. The van der Waals surface area contributed by atoms with Crippen molar-refractivity contribution in [3.8, 4) is 5.69 Å². The van der Waals surface area contributed by atoms with Gasteiger partial charge in [-0.2, -0.15) is 0 Å². The number of fused-ring (bicyclic) bond motifs is 1. The Bertz CT molecular complexity index is 791. The van der Waals surface area contributed by atoms with Crippen LogP contribution in [0.5, 0.6) is 0 Å². The van der Waals surface area contributed by atoms with E-state index in [1.165, 1.54) is 34.3 Å². The fourth-order valence-electron chi connectivity index (χ4n) is 1.77. The first-order chi connectivity index (χ1) is 8.66. The van der Waals surface area contributed by atoms with Gasteiger partial charge < -0.3 is 0 Å². The van der Waals surface area contributed by atoms with E-state index in [2.05, 4.69) is 0 Å². The van der Waals surface area contributed by atoms with Gasteiger partial charge in [0, 0.05) is 0 Å². The van der Waals surface area contributed by atoms with Gasteiger partial charge in [-0.05, 0) is 30.3 Å². The molecule has 2 aromatic carbocycles. The molecule has 0 saturated heterocycles. The lowest BCUT2D eigenvalue weighted by molar-refractivity contribution is 0.620. The Hall–Kier alpha value is -2.01. The smallest absolute Gasteiger partial charge is 0.267 e. The zero-order chi connectivity index (χ0) is 12.7. The second-order valence-electron chi connectivity index (χ2n) is 3.78. The molecule has 0 bridgehead atoms. The molecule has 0 aliphatic heterocycles. The van der Waals surface area contributed by atoms with E-state index in [1.54, 1.807) is 12.1 Å². The molecule has 90 valence electrons. The third-order valence-corrected chi connectivity index (χ3v) is 3.70. The summed E-state index contributed by atoms with van der Waals surface area (Å²) in [6.07, 6.45) is 0. The largest absolute Gasteiger partial charge is 0.273 e. The average Bonchev–Trinajstić information content (AvgIpc) is 2.67. The molecule has 0 aliphatic carbocycles. The van der Waals surface area contributed by atoms with Crippen LogP contribution in [0.4, 0.5) is 8.78 Å². The zero-order valence-electron chi connectivity index (χ0n) is 9.06. The average molecular weight is 263 g/mol. The van der Waals surface area contributed by atoms with Gasteiger partial charge >= 0.3 is 0 Å². The van der Waals surface area contributed by atoms with E-state index in [9.17, 15) is 13.6 Å². The van der Waals surface area contributed by atoms with Gasteiger partial charge in [-0.1, -0.05) is 23.7 Å². The number of aromatic nitrogens is 1. The normalized spacial score (nSPS) is 11.0. The maximum Gasteiger partial charge on any atom is 0.273 e. The highest BCUT2D eigenvalue weighted by Gasteiger charge is 2.12. The van der Waals surface area contributed by atoms with Crippen molar-refractivity contribution in [3.05, 3.63) is 64.5 Å². The molecule has 18 heavy (non-hydrogen) atoms. The highest BCUT2D eigenvalue weighted by atomic mass is 32.1. The van der Waals surface area contributed by atoms with Crippen LogP contribution >= 0.6 is 11.5 Å². The van der Waals surface area contributed by atoms with Crippen LogP contribution in [0, 0.1) is 11.6 Å². The molecule has 0 radical (unpaired) electrons. The number of hydrogen-bond acceptors (Lipinski definition) is 2. The maximum atomic E-state index is 13.6. The van der Waals surface area contributed by atoms with Crippen molar-refractivity contribution in [2.75, 3.05) is 0 Å². The molecule has 0 N–H and O–H groups in total. The lowest BCUT2D eigenvalue weighted by Gasteiger charge is -2.00. The number of hydrogen-bond donors (Lipinski definition) is 0. The number of rotatable bonds is 1. The molecular formula is C13H7F2NOS. The quantitative estimate of drug-likeness (QED) is 0.660. The van der Waals surface area contributed by atoms with Crippen LogP contribution in [0.1, 0.15) is 0 Å². The Balaban J connectivity index is 2.34. The highest BCUT2D eigenvalue weighted by Crippen LogP contribution is 2.22. The summed E-state index contributed by atoms with van der Waals surface area (Å²) in [6, 6.07) is 9.92. The fraction of sp³-hybridized carbons (Fsp3) is 0. The van der Waals surface area contributed by atoms with Gasteiger partial charge in [0.1, 0.15) is 11.6 Å². The second kappa shape index (κ2) is 4.03. The van der Waals surface area contributed by atoms with Gasteiger partial charge in [0.15, 0.2) is 0 Å². The first-order valence-corrected chi connectivity index (χ1v) is 6.00. The Morgan fingerprint density at radius 2 is 1.83 bits per heavy atom. The predicted molar refractivity (Wildman–Crippen MR) is 67.3 cm³/mol. The minimum absolute atomic E-state index is 0.184. The van der Waals surface area contributed by atoms with Crippen molar-refractivity contribution in [3.63, 3.8) is 0 Å². The van der Waals surface area contributed by atoms with Crippen molar-refractivity contribution in [2.24, 2.45) is 0 Å². The molecule has 0 aliphatic rings. The van der Waals surface area contributed by atoms with Crippen LogP contribution in [0.15, 0.2) is 47.3 Å². The minimum atomic E-state index is -0.480. The standard InChI is InChI=1S/C13H7F2NOS/c14-8-5-6-9-12(7-8)18-16(13(9)17)11-4-2-1-3-10(11)15/h1-7H. The summed E-state index contributed by atoms with van der Waals surface area (Å²) >= 11 is 1.03. The molecular weight excluding hydrogens is 256 g/mol. The number of halogens is 2. The highest BCUT2D eigenvalue weighted by molar-refractivity contribution is 7.14. The van der Waals surface area contributed by atoms with E-state index in [4.69, 9.17) is 0 Å². The summed E-state index contributed by atoms with van der Waals surface area (Å²) in [5.74, 6) is -0.893. The molecule has 0 fully saturated rings. The molecule has 5 heteroatoms. The first-order valence-electron chi connectivity index (χ1n) is 5.23. The SMILES string of the molecule is O=c1c2ccc(F)cc2sn1-c1ccccc1F. The van der Waals surface area contributed by atoms with Crippen molar-refractivity contribution >= 4 is 21.6 Å². The molecule has 0 atom stereocenters. The van der Waals surface area contributed by atoms with Crippen LogP contribution in [0.25, 0.3) is 15.8 Å². The number of benzene rings is 2. The van der Waals surface area contributed by atoms with Gasteiger partial charge in [-0.25, -0.2) is 12.7 Å². The zero-order valence-corrected chi connectivity index (χ0v) is 9.88. The summed E-state index contributed by atoms with van der Waals surface area (Å²) in [6.45, 7) is 0. The molecule has 3 aromatic rings. The number of para-hydroxylation sites is 1. The lowest BCUT2D eigenvalue weighted by atomic mass is 10.2. The van der Waals surface area contributed by atoms with Crippen LogP contribution in [0.3, 0.4) is 0 Å². The second-order valence-corrected chi connectivity index (χ2v) is 4.77. The molecule has 0 saturated carbocycles. The van der Waals surface area contributed by atoms with Gasteiger partial charge in [0.25, 0.3) is 5.56 Å². The van der Waals surface area contributed by atoms with Gasteiger partial charge in [0.2, 0.25) is 0 Å². The van der Waals surface area contributed by atoms with E-state index < -0.39 is 11.6 Å². The Kier molecular flexibility index (Phi) is 2.48. The maximum absolute atomic E-state index is 13.6. The minimum Gasteiger partial charge on any atom is -0.267 e. The monoisotopic (exact) mass is 263 g/mol. The van der Waals surface area contributed by atoms with Crippen molar-refractivity contribution in [2.45, 2.75) is 0 Å². The van der Waals surface area contributed by atoms with E-state index in [0.717, 1.165) is 11.5 Å². The van der Waals surface area contributed by atoms with Crippen molar-refractivity contribution in [1.82, 2.24) is 3.96 Å². The van der Waals surface area contributed by atoms with E-state index in [-0.39, 0.29) is 11.2 Å². The van der Waals surface area contributed by atoms with Crippen LogP contribution in [0.2, 0.25) is 0 Å². The van der Waals surface area contributed by atoms with E-state index in [1.807, 2.05) is 0 Å². The first kappa shape index (κ1) is 11.1. The molecule has 1 aromatic heterocycles. The Labute approximate surface area is 105 Å². The molecule has 0 unspecified atom stereocenters. The molecule has 3 rings (SSSR count). The Morgan fingerprint density at radius 3 is 2.61 bits per heavy atom. The summed E-state index contributed by atoms with van der Waals surface area (Å²) in [5.41, 5.74) is -0.149. The van der Waals surface area contributed by atoms with E-state index in [0.29, 0.717) is 10.1 Å². The summed E-state index contributed by atoms with van der Waals surface area (Å²) < 4.78 is 28.5. The number of nitrogens with zero attached hydrogens (tertiary/aromatic N) is 1. The van der Waals surface area contributed by atoms with Crippen LogP contribution < -0.4 is 5.56 Å². The van der Waals surface area contributed by atoms with Gasteiger partial charge in [-0.3, -0.25) is 4.79 Å².